The van der Waals surface area contributed by atoms with Crippen LogP contribution < -0.4 is 0 Å². The molecule has 0 saturated heterocycles. The molecule has 3 rings (SSSR count). The minimum atomic E-state index is -0.549. The molecular weight excluding hydrogens is 324 g/mol. The fourth-order valence-corrected chi connectivity index (χ4v) is 2.61. The van der Waals surface area contributed by atoms with Gasteiger partial charge in [-0.2, -0.15) is 0 Å². The van der Waals surface area contributed by atoms with Crippen molar-refractivity contribution in [3.8, 4) is 11.3 Å². The van der Waals surface area contributed by atoms with Crippen molar-refractivity contribution < 1.29 is 18.3 Å². The first kappa shape index (κ1) is 15.4. The van der Waals surface area contributed by atoms with Crippen LogP contribution in [0.25, 0.3) is 22.0 Å². The number of hydrogen-bond acceptors (Lipinski definition) is 3. The van der Waals surface area contributed by atoms with E-state index >= 15 is 0 Å². The van der Waals surface area contributed by atoms with Crippen molar-refractivity contribution in [1.29, 1.82) is 0 Å². The number of hydrogen-bond donors (Lipinski definition) is 0. The zero-order valence-electron chi connectivity index (χ0n) is 11.9. The Balaban J connectivity index is 2.31. The summed E-state index contributed by atoms with van der Waals surface area (Å²) in [4.78, 5) is 15.7. The van der Waals surface area contributed by atoms with Crippen molar-refractivity contribution >= 4 is 28.3 Å². The van der Waals surface area contributed by atoms with Crippen molar-refractivity contribution in [3.63, 3.8) is 0 Å². The second kappa shape index (κ2) is 5.93. The van der Waals surface area contributed by atoms with E-state index in [0.717, 1.165) is 12.3 Å². The third-order valence-electron chi connectivity index (χ3n) is 3.45. The lowest BCUT2D eigenvalue weighted by Gasteiger charge is -2.10. The second-order valence-corrected chi connectivity index (χ2v) is 5.24. The van der Waals surface area contributed by atoms with Crippen molar-refractivity contribution in [2.24, 2.45) is 0 Å². The third kappa shape index (κ3) is 2.75. The summed E-state index contributed by atoms with van der Waals surface area (Å²) in [6.07, 6.45) is 1.06. The number of pyridine rings is 1. The lowest BCUT2D eigenvalue weighted by Crippen LogP contribution is -2.01. The fourth-order valence-electron chi connectivity index (χ4n) is 2.35. The van der Waals surface area contributed by atoms with Crippen LogP contribution in [-0.4, -0.2) is 18.1 Å². The predicted molar refractivity (Wildman–Crippen MR) is 83.4 cm³/mol. The van der Waals surface area contributed by atoms with Crippen LogP contribution in [0.4, 0.5) is 8.78 Å². The molecule has 1 aromatic heterocycles. The minimum absolute atomic E-state index is 0.147. The molecule has 116 valence electrons. The number of aromatic nitrogens is 1. The largest absolute Gasteiger partial charge is 0.465 e. The zero-order chi connectivity index (χ0) is 16.6. The molecule has 0 unspecified atom stereocenters. The van der Waals surface area contributed by atoms with Crippen molar-refractivity contribution in [2.75, 3.05) is 7.11 Å². The van der Waals surface area contributed by atoms with E-state index < -0.39 is 17.6 Å². The number of benzene rings is 2. The first-order chi connectivity index (χ1) is 11.0. The maximum Gasteiger partial charge on any atom is 0.337 e. The summed E-state index contributed by atoms with van der Waals surface area (Å²) in [5, 5.41) is 0.818. The van der Waals surface area contributed by atoms with E-state index in [0.29, 0.717) is 16.6 Å². The van der Waals surface area contributed by atoms with Gasteiger partial charge >= 0.3 is 5.97 Å². The molecule has 3 nitrogen and oxygen atoms in total. The summed E-state index contributed by atoms with van der Waals surface area (Å²) in [5.41, 5.74) is 1.06. The van der Waals surface area contributed by atoms with E-state index in [1.54, 1.807) is 0 Å². The van der Waals surface area contributed by atoms with Gasteiger partial charge in [-0.1, -0.05) is 17.7 Å². The standard InChI is InChI=1S/C17H10ClF2NO2/c1-23-17(22)9-2-4-11-13(6-9)16(21-8-15(11)20)12-5-3-10(19)7-14(12)18/h2-8H,1H3. The van der Waals surface area contributed by atoms with Gasteiger partial charge in [-0.3, -0.25) is 4.98 Å². The number of halogens is 3. The minimum Gasteiger partial charge on any atom is -0.465 e. The molecule has 6 heteroatoms. The van der Waals surface area contributed by atoms with Gasteiger partial charge in [0, 0.05) is 16.3 Å². The normalized spacial score (nSPS) is 10.8. The Labute approximate surface area is 135 Å². The molecule has 1 heterocycles. The van der Waals surface area contributed by atoms with Gasteiger partial charge in [0.1, 0.15) is 11.6 Å². The number of rotatable bonds is 2. The molecule has 0 amide bonds. The third-order valence-corrected chi connectivity index (χ3v) is 3.76. The summed E-state index contributed by atoms with van der Waals surface area (Å²) in [7, 11) is 1.26. The highest BCUT2D eigenvalue weighted by molar-refractivity contribution is 6.33. The molecule has 0 N–H and O–H groups in total. The zero-order valence-corrected chi connectivity index (χ0v) is 12.7. The van der Waals surface area contributed by atoms with Crippen LogP contribution in [0.3, 0.4) is 0 Å². The molecule has 0 aliphatic heterocycles. The van der Waals surface area contributed by atoms with Crippen molar-refractivity contribution in [1.82, 2.24) is 4.98 Å². The molecule has 0 spiro atoms. The maximum absolute atomic E-state index is 14.0. The molecule has 3 aromatic rings. The van der Waals surface area contributed by atoms with E-state index in [1.165, 1.54) is 37.4 Å². The molecule has 23 heavy (non-hydrogen) atoms. The molecule has 0 fully saturated rings. The Bertz CT molecular complexity index is 928. The van der Waals surface area contributed by atoms with Crippen LogP contribution in [0.5, 0.6) is 0 Å². The van der Waals surface area contributed by atoms with Crippen LogP contribution in [0.1, 0.15) is 10.4 Å². The van der Waals surface area contributed by atoms with Gasteiger partial charge in [-0.25, -0.2) is 13.6 Å². The summed E-state index contributed by atoms with van der Waals surface area (Å²) in [5.74, 6) is -1.56. The fraction of sp³-hybridized carbons (Fsp3) is 0.0588. The molecular formula is C17H10ClF2NO2. The monoisotopic (exact) mass is 333 g/mol. The summed E-state index contributed by atoms with van der Waals surface area (Å²) >= 11 is 6.07. The number of esters is 1. The Morgan fingerprint density at radius 3 is 2.61 bits per heavy atom. The van der Waals surface area contributed by atoms with E-state index in [2.05, 4.69) is 9.72 Å². The Kier molecular flexibility index (Phi) is 3.96. The van der Waals surface area contributed by atoms with E-state index in [4.69, 9.17) is 11.6 Å². The Hall–Kier alpha value is -2.53. The Morgan fingerprint density at radius 1 is 1.13 bits per heavy atom. The molecule has 0 atom stereocenters. The average molecular weight is 334 g/mol. The second-order valence-electron chi connectivity index (χ2n) is 4.83. The average Bonchev–Trinajstić information content (AvgIpc) is 2.55. The van der Waals surface area contributed by atoms with E-state index in [1.807, 2.05) is 0 Å². The smallest absolute Gasteiger partial charge is 0.337 e. The van der Waals surface area contributed by atoms with Crippen LogP contribution in [0, 0.1) is 11.6 Å². The SMILES string of the molecule is COC(=O)c1ccc2c(F)cnc(-c3ccc(F)cc3Cl)c2c1. The van der Waals surface area contributed by atoms with Crippen LogP contribution in [0.2, 0.25) is 5.02 Å². The number of ether oxygens (including phenoxy) is 1. The first-order valence-electron chi connectivity index (χ1n) is 6.63. The quantitative estimate of drug-likeness (QED) is 0.642. The van der Waals surface area contributed by atoms with Gasteiger partial charge in [0.2, 0.25) is 0 Å². The van der Waals surface area contributed by atoms with Gasteiger partial charge < -0.3 is 4.74 Å². The summed E-state index contributed by atoms with van der Waals surface area (Å²) in [6.45, 7) is 0. The van der Waals surface area contributed by atoms with Crippen molar-refractivity contribution in [2.45, 2.75) is 0 Å². The molecule has 0 bridgehead atoms. The topological polar surface area (TPSA) is 39.2 Å². The highest BCUT2D eigenvalue weighted by Crippen LogP contribution is 2.33. The number of carbonyl (C=O) groups is 1. The van der Waals surface area contributed by atoms with Crippen LogP contribution >= 0.6 is 11.6 Å². The summed E-state index contributed by atoms with van der Waals surface area (Å²) in [6, 6.07) is 8.27. The molecule has 2 aromatic carbocycles. The number of carbonyl (C=O) groups excluding carboxylic acids is 1. The molecule has 0 aliphatic carbocycles. The predicted octanol–water partition coefficient (Wildman–Crippen LogP) is 4.62. The van der Waals surface area contributed by atoms with Crippen LogP contribution in [-0.2, 0) is 4.74 Å². The number of methoxy groups -OCH3 is 1. The molecule has 0 saturated carbocycles. The first-order valence-corrected chi connectivity index (χ1v) is 7.01. The van der Waals surface area contributed by atoms with Gasteiger partial charge in [0.15, 0.2) is 0 Å². The number of fused-ring (bicyclic) bond motifs is 1. The van der Waals surface area contributed by atoms with E-state index in [-0.39, 0.29) is 16.0 Å². The highest BCUT2D eigenvalue weighted by atomic mass is 35.5. The molecule has 0 aliphatic rings. The molecule has 0 radical (unpaired) electrons. The Morgan fingerprint density at radius 2 is 1.91 bits per heavy atom. The lowest BCUT2D eigenvalue weighted by molar-refractivity contribution is 0.0601. The summed E-state index contributed by atoms with van der Waals surface area (Å²) < 4.78 is 31.9. The van der Waals surface area contributed by atoms with Gasteiger partial charge in [-0.15, -0.1) is 0 Å². The number of nitrogens with zero attached hydrogens (tertiary/aromatic N) is 1. The lowest BCUT2D eigenvalue weighted by atomic mass is 10.0. The van der Waals surface area contributed by atoms with Gasteiger partial charge in [0.25, 0.3) is 0 Å². The maximum atomic E-state index is 14.0. The van der Waals surface area contributed by atoms with Gasteiger partial charge in [-0.05, 0) is 30.3 Å². The van der Waals surface area contributed by atoms with Gasteiger partial charge in [0.05, 0.1) is 29.6 Å². The van der Waals surface area contributed by atoms with Crippen molar-refractivity contribution in [3.05, 3.63) is 64.8 Å². The highest BCUT2D eigenvalue weighted by Gasteiger charge is 2.15. The van der Waals surface area contributed by atoms with Crippen LogP contribution in [0.15, 0.2) is 42.6 Å². The van der Waals surface area contributed by atoms with E-state index in [9.17, 15) is 13.6 Å².